The summed E-state index contributed by atoms with van der Waals surface area (Å²) in [4.78, 5) is 0. The molecule has 0 saturated heterocycles. The van der Waals surface area contributed by atoms with E-state index in [1.807, 2.05) is 26.0 Å². The van der Waals surface area contributed by atoms with Crippen LogP contribution in [0.5, 0.6) is 0 Å². The van der Waals surface area contributed by atoms with E-state index < -0.39 is 0 Å². The van der Waals surface area contributed by atoms with Crippen molar-refractivity contribution >= 4 is 0 Å². The Hall–Kier alpha value is -1.68. The molecular weight excluding hydrogens is 226 g/mol. The van der Waals surface area contributed by atoms with Gasteiger partial charge < -0.3 is 9.73 Å². The van der Waals surface area contributed by atoms with E-state index in [1.165, 1.54) is 0 Å². The fourth-order valence-corrected chi connectivity index (χ4v) is 1.97. The molecule has 0 aliphatic heterocycles. The van der Waals surface area contributed by atoms with Gasteiger partial charge in [0.25, 0.3) is 0 Å². The van der Waals surface area contributed by atoms with Crippen LogP contribution in [0.2, 0.25) is 0 Å². The third-order valence-corrected chi connectivity index (χ3v) is 2.88. The predicted molar refractivity (Wildman–Crippen MR) is 70.4 cm³/mol. The number of aryl methyl sites for hydroxylation is 2. The van der Waals surface area contributed by atoms with E-state index in [0.29, 0.717) is 0 Å². The Labute approximate surface area is 107 Å². The van der Waals surface area contributed by atoms with Crippen LogP contribution in [0.15, 0.2) is 28.9 Å². The van der Waals surface area contributed by atoms with Gasteiger partial charge in [-0.15, -0.1) is 0 Å². The smallest absolute Gasteiger partial charge is 0.125 e. The summed E-state index contributed by atoms with van der Waals surface area (Å²) in [6.07, 6.45) is 2.78. The summed E-state index contributed by atoms with van der Waals surface area (Å²) in [5.41, 5.74) is 2.99. The molecule has 1 N–H and O–H groups in total. The Morgan fingerprint density at radius 2 is 2.17 bits per heavy atom. The first kappa shape index (κ1) is 12.8. The number of nitrogens with zero attached hydrogens (tertiary/aromatic N) is 2. The minimum absolute atomic E-state index is 0.0501. The Bertz CT molecular complexity index is 494. The van der Waals surface area contributed by atoms with Crippen LogP contribution >= 0.6 is 0 Å². The Kier molecular flexibility index (Phi) is 4.10. The normalized spacial score (nSPS) is 12.6. The summed E-state index contributed by atoms with van der Waals surface area (Å²) in [7, 11) is 0. The number of hydrogen-bond donors (Lipinski definition) is 1. The number of nitrogens with one attached hydrogen (secondary N) is 1. The fraction of sp³-hybridized carbons (Fsp3) is 0.429. The van der Waals surface area contributed by atoms with Crippen LogP contribution in [0.25, 0.3) is 0 Å². The molecule has 0 aliphatic carbocycles. The maximum Gasteiger partial charge on any atom is 0.125 e. The molecule has 2 aromatic heterocycles. The summed E-state index contributed by atoms with van der Waals surface area (Å²) < 4.78 is 5.53. The average Bonchev–Trinajstić information content (AvgIpc) is 2.88. The average molecular weight is 245 g/mol. The number of aromatic nitrogens is 2. The maximum absolute atomic E-state index is 5.53. The number of rotatable bonds is 5. The first-order valence-corrected chi connectivity index (χ1v) is 6.30. The van der Waals surface area contributed by atoms with Gasteiger partial charge in [0.2, 0.25) is 0 Å². The van der Waals surface area contributed by atoms with Crippen molar-refractivity contribution in [1.82, 2.24) is 15.5 Å². The van der Waals surface area contributed by atoms with Crippen molar-refractivity contribution in [2.75, 3.05) is 6.54 Å². The molecule has 0 radical (unpaired) electrons. The molecule has 0 bridgehead atoms. The second-order valence-electron chi connectivity index (χ2n) is 4.43. The molecule has 4 heteroatoms. The van der Waals surface area contributed by atoms with Crippen LogP contribution < -0.4 is 5.32 Å². The first-order valence-electron chi connectivity index (χ1n) is 6.30. The van der Waals surface area contributed by atoms with Crippen molar-refractivity contribution in [2.45, 2.75) is 33.2 Å². The zero-order valence-corrected chi connectivity index (χ0v) is 11.1. The monoisotopic (exact) mass is 245 g/mol. The molecular formula is C14H19N3O. The largest absolute Gasteiger partial charge is 0.467 e. The van der Waals surface area contributed by atoms with E-state index in [1.54, 1.807) is 6.26 Å². The van der Waals surface area contributed by atoms with Crippen molar-refractivity contribution in [3.63, 3.8) is 0 Å². The summed E-state index contributed by atoms with van der Waals surface area (Å²) in [6, 6.07) is 6.02. The van der Waals surface area contributed by atoms with Gasteiger partial charge in [-0.05, 0) is 45.0 Å². The third-order valence-electron chi connectivity index (χ3n) is 2.88. The summed E-state index contributed by atoms with van der Waals surface area (Å²) in [6.45, 7) is 7.02. The van der Waals surface area contributed by atoms with Crippen LogP contribution in [0.1, 0.15) is 42.1 Å². The van der Waals surface area contributed by atoms with E-state index in [9.17, 15) is 0 Å². The molecule has 2 aromatic rings. The van der Waals surface area contributed by atoms with Gasteiger partial charge in [0.1, 0.15) is 5.76 Å². The van der Waals surface area contributed by atoms with Crippen LogP contribution in [0.4, 0.5) is 0 Å². The van der Waals surface area contributed by atoms with Crippen LogP contribution in [0.3, 0.4) is 0 Å². The molecule has 0 fully saturated rings. The predicted octanol–water partition coefficient (Wildman–Crippen LogP) is 2.78. The molecule has 2 heterocycles. The summed E-state index contributed by atoms with van der Waals surface area (Å²) in [5, 5.41) is 11.8. The topological polar surface area (TPSA) is 51.0 Å². The Balaban J connectivity index is 2.36. The summed E-state index contributed by atoms with van der Waals surface area (Å²) in [5.74, 6) is 0.916. The van der Waals surface area contributed by atoms with Crippen LogP contribution in [0, 0.1) is 13.8 Å². The zero-order valence-electron chi connectivity index (χ0n) is 11.1. The van der Waals surface area contributed by atoms with Crippen molar-refractivity contribution in [3.05, 3.63) is 47.2 Å². The quantitative estimate of drug-likeness (QED) is 0.880. The number of hydrogen-bond acceptors (Lipinski definition) is 4. The molecule has 0 aromatic carbocycles. The van der Waals surface area contributed by atoms with E-state index in [-0.39, 0.29) is 6.04 Å². The molecule has 1 atom stereocenters. The van der Waals surface area contributed by atoms with Crippen LogP contribution in [-0.4, -0.2) is 16.7 Å². The molecule has 96 valence electrons. The molecule has 0 aliphatic rings. The summed E-state index contributed by atoms with van der Waals surface area (Å²) >= 11 is 0. The first-order chi connectivity index (χ1) is 8.72. The molecule has 2 rings (SSSR count). The molecule has 0 amide bonds. The van der Waals surface area contributed by atoms with E-state index in [4.69, 9.17) is 4.42 Å². The standard InChI is InChI=1S/C14H19N3O/c1-4-7-15-14(13-6-5-8-18-13)12-9-10(2)16-17-11(12)3/h5-6,8-9,14-15H,4,7H2,1-3H3. The Morgan fingerprint density at radius 1 is 1.33 bits per heavy atom. The lowest BCUT2D eigenvalue weighted by Crippen LogP contribution is -2.24. The van der Waals surface area contributed by atoms with E-state index in [2.05, 4.69) is 28.5 Å². The lowest BCUT2D eigenvalue weighted by Gasteiger charge is -2.18. The molecule has 18 heavy (non-hydrogen) atoms. The second kappa shape index (κ2) is 5.78. The van der Waals surface area contributed by atoms with Gasteiger partial charge >= 0.3 is 0 Å². The maximum atomic E-state index is 5.53. The van der Waals surface area contributed by atoms with E-state index in [0.717, 1.165) is 35.7 Å². The highest BCUT2D eigenvalue weighted by molar-refractivity contribution is 5.30. The minimum atomic E-state index is 0.0501. The second-order valence-corrected chi connectivity index (χ2v) is 4.43. The van der Waals surface area contributed by atoms with Gasteiger partial charge in [0, 0.05) is 5.56 Å². The fourth-order valence-electron chi connectivity index (χ4n) is 1.97. The highest BCUT2D eigenvalue weighted by Gasteiger charge is 2.19. The van der Waals surface area contributed by atoms with E-state index >= 15 is 0 Å². The van der Waals surface area contributed by atoms with Crippen molar-refractivity contribution in [1.29, 1.82) is 0 Å². The van der Waals surface area contributed by atoms with Crippen LogP contribution in [-0.2, 0) is 0 Å². The van der Waals surface area contributed by atoms with Gasteiger partial charge in [0.05, 0.1) is 23.7 Å². The lowest BCUT2D eigenvalue weighted by atomic mass is 10.0. The van der Waals surface area contributed by atoms with Crippen molar-refractivity contribution < 1.29 is 4.42 Å². The highest BCUT2D eigenvalue weighted by Crippen LogP contribution is 2.24. The van der Waals surface area contributed by atoms with Gasteiger partial charge in [-0.1, -0.05) is 6.92 Å². The SMILES string of the molecule is CCCNC(c1ccco1)c1cc(C)nnc1C. The van der Waals surface area contributed by atoms with Gasteiger partial charge in [-0.25, -0.2) is 0 Å². The van der Waals surface area contributed by atoms with Gasteiger partial charge in [-0.3, -0.25) is 0 Å². The van der Waals surface area contributed by atoms with Gasteiger partial charge in [-0.2, -0.15) is 10.2 Å². The van der Waals surface area contributed by atoms with Gasteiger partial charge in [0.15, 0.2) is 0 Å². The molecule has 0 spiro atoms. The number of furan rings is 1. The zero-order chi connectivity index (χ0) is 13.0. The molecule has 0 saturated carbocycles. The lowest BCUT2D eigenvalue weighted by molar-refractivity contribution is 0.444. The Morgan fingerprint density at radius 3 is 2.83 bits per heavy atom. The molecule has 1 unspecified atom stereocenters. The third kappa shape index (κ3) is 2.76. The van der Waals surface area contributed by atoms with Crippen molar-refractivity contribution in [2.24, 2.45) is 0 Å². The van der Waals surface area contributed by atoms with Crippen molar-refractivity contribution in [3.8, 4) is 0 Å². The highest BCUT2D eigenvalue weighted by atomic mass is 16.3. The molecule has 4 nitrogen and oxygen atoms in total. The minimum Gasteiger partial charge on any atom is -0.467 e.